The van der Waals surface area contributed by atoms with Gasteiger partial charge in [0.15, 0.2) is 6.10 Å². The highest BCUT2D eigenvalue weighted by molar-refractivity contribution is 5.71. The predicted molar refractivity (Wildman–Crippen MR) is 343 cm³/mol. The first kappa shape index (κ1) is 74.0. The van der Waals surface area contributed by atoms with E-state index in [9.17, 15) is 14.4 Å². The molecule has 0 fully saturated rings. The van der Waals surface area contributed by atoms with Gasteiger partial charge in [-0.3, -0.25) is 14.4 Å². The van der Waals surface area contributed by atoms with Gasteiger partial charge in [-0.05, 0) is 135 Å². The van der Waals surface area contributed by atoms with Gasteiger partial charge in [0.2, 0.25) is 0 Å². The summed E-state index contributed by atoms with van der Waals surface area (Å²) >= 11 is 0. The van der Waals surface area contributed by atoms with Crippen LogP contribution in [-0.2, 0) is 28.6 Å². The second kappa shape index (κ2) is 65.5. The lowest BCUT2D eigenvalue weighted by Crippen LogP contribution is -2.30. The molecule has 0 saturated carbocycles. The summed E-state index contributed by atoms with van der Waals surface area (Å²) in [6.07, 6.45) is 95.5. The average molecular weight is 1090 g/mol. The number of unbranched alkanes of at least 4 members (excludes halogenated alkanes) is 19. The van der Waals surface area contributed by atoms with Crippen molar-refractivity contribution < 1.29 is 28.6 Å². The summed E-state index contributed by atoms with van der Waals surface area (Å²) in [6.45, 7) is 6.32. The Morgan fingerprint density at radius 2 is 0.519 bits per heavy atom. The third kappa shape index (κ3) is 63.7. The second-order valence-electron chi connectivity index (χ2n) is 20.5. The van der Waals surface area contributed by atoms with Crippen LogP contribution in [0, 0.1) is 0 Å². The number of carbonyl (C=O) groups is 3. The highest BCUT2D eigenvalue weighted by Gasteiger charge is 2.19. The normalized spacial score (nSPS) is 13.2. The molecule has 1 atom stereocenters. The summed E-state index contributed by atoms with van der Waals surface area (Å²) in [6, 6.07) is 0. The fourth-order valence-electron chi connectivity index (χ4n) is 8.29. The average Bonchev–Trinajstić information content (AvgIpc) is 3.45. The monoisotopic (exact) mass is 1090 g/mol. The van der Waals surface area contributed by atoms with Gasteiger partial charge in [-0.1, -0.05) is 269 Å². The van der Waals surface area contributed by atoms with Crippen LogP contribution in [0.3, 0.4) is 0 Å². The SMILES string of the molecule is CC/C=C\C/C=C\C/C=C\C/C=C\C/C=C\C/C=C\C/C=C\C/C=C\CCCCCCC(=O)OCC(COC(=O)CC/C=C\C/C=C\C/C=C\C/C=C\CC)OC(=O)CCCCCCCCCCC/C=C\CCCCCCCC. The first-order valence-electron chi connectivity index (χ1n) is 32.0. The zero-order valence-corrected chi connectivity index (χ0v) is 50.8. The first-order chi connectivity index (χ1) is 39.0. The molecule has 444 valence electrons. The molecular weight excluding hydrogens is 973 g/mol. The number of ether oxygens (including phenoxy) is 3. The standard InChI is InChI=1S/C73H116O6/c1-4-7-10-13-16-19-22-25-27-29-31-32-33-34-35-36-37-38-39-40-42-43-45-48-51-54-57-60-63-66-72(75)78-69-70(68-77-71(74)65-62-59-56-53-50-47-24-21-18-15-12-9-6-3)79-73(76)67-64-61-58-55-52-49-46-44-41-30-28-26-23-20-17-14-11-8-5-2/h7,9-10,12,16,18-19,21,25-28,31-32,34-35,37-38,40,42,45,47-48,50,56,59,70H,4-6,8,11,13-15,17,20,22-24,29-30,33,36,39,41,43-44,46,49,51-55,57-58,60-69H2,1-3H3/b10-7-,12-9-,19-16-,21-18-,27-25-,28-26-,32-31-,35-34-,38-37-,42-40-,48-45-,50-47-,59-56-. The van der Waals surface area contributed by atoms with Crippen LogP contribution in [0.15, 0.2) is 158 Å². The maximum Gasteiger partial charge on any atom is 0.306 e. The van der Waals surface area contributed by atoms with Gasteiger partial charge in [0.25, 0.3) is 0 Å². The largest absolute Gasteiger partial charge is 0.462 e. The van der Waals surface area contributed by atoms with Crippen molar-refractivity contribution in [2.45, 2.75) is 271 Å². The Hall–Kier alpha value is -4.97. The minimum atomic E-state index is -0.827. The molecule has 0 aliphatic rings. The van der Waals surface area contributed by atoms with Crippen molar-refractivity contribution in [2.24, 2.45) is 0 Å². The Kier molecular flexibility index (Phi) is 61.4. The van der Waals surface area contributed by atoms with Crippen LogP contribution < -0.4 is 0 Å². The van der Waals surface area contributed by atoms with Gasteiger partial charge in [-0.2, -0.15) is 0 Å². The van der Waals surface area contributed by atoms with Gasteiger partial charge in [0, 0.05) is 19.3 Å². The Morgan fingerprint density at radius 3 is 0.861 bits per heavy atom. The number of esters is 3. The Bertz CT molecular complexity index is 1780. The van der Waals surface area contributed by atoms with Crippen molar-refractivity contribution in [3.8, 4) is 0 Å². The van der Waals surface area contributed by atoms with Crippen molar-refractivity contribution in [2.75, 3.05) is 13.2 Å². The van der Waals surface area contributed by atoms with Crippen LogP contribution in [-0.4, -0.2) is 37.2 Å². The molecule has 0 radical (unpaired) electrons. The van der Waals surface area contributed by atoms with E-state index < -0.39 is 6.10 Å². The van der Waals surface area contributed by atoms with Crippen molar-refractivity contribution in [3.63, 3.8) is 0 Å². The number of rotatable bonds is 56. The molecule has 0 aromatic rings. The molecule has 0 saturated heterocycles. The molecule has 1 unspecified atom stereocenters. The number of hydrogen-bond donors (Lipinski definition) is 0. The van der Waals surface area contributed by atoms with E-state index >= 15 is 0 Å². The topological polar surface area (TPSA) is 78.9 Å². The van der Waals surface area contributed by atoms with Crippen LogP contribution in [0.4, 0.5) is 0 Å². The molecule has 0 rings (SSSR count). The van der Waals surface area contributed by atoms with E-state index in [-0.39, 0.29) is 37.5 Å². The molecule has 0 aromatic carbocycles. The zero-order valence-electron chi connectivity index (χ0n) is 50.8. The zero-order chi connectivity index (χ0) is 57.1. The van der Waals surface area contributed by atoms with Crippen LogP contribution in [0.2, 0.25) is 0 Å². The van der Waals surface area contributed by atoms with E-state index in [0.29, 0.717) is 19.3 Å². The highest BCUT2D eigenvalue weighted by Crippen LogP contribution is 2.14. The van der Waals surface area contributed by atoms with E-state index in [1.807, 2.05) is 12.2 Å². The summed E-state index contributed by atoms with van der Waals surface area (Å²) < 4.78 is 16.8. The molecule has 79 heavy (non-hydrogen) atoms. The predicted octanol–water partition coefficient (Wildman–Crippen LogP) is 22.1. The molecule has 0 aliphatic heterocycles. The fourth-order valence-corrected chi connectivity index (χ4v) is 8.29. The lowest BCUT2D eigenvalue weighted by Gasteiger charge is -2.18. The first-order valence-corrected chi connectivity index (χ1v) is 32.0. The maximum absolute atomic E-state index is 12.9. The summed E-state index contributed by atoms with van der Waals surface area (Å²) in [5.74, 6) is -1.03. The van der Waals surface area contributed by atoms with Gasteiger partial charge >= 0.3 is 17.9 Å². The molecule has 0 amide bonds. The third-order valence-electron chi connectivity index (χ3n) is 13.0. The lowest BCUT2D eigenvalue weighted by molar-refractivity contribution is -0.166. The summed E-state index contributed by atoms with van der Waals surface area (Å²) in [4.78, 5) is 38.2. The van der Waals surface area contributed by atoms with Gasteiger partial charge in [0.1, 0.15) is 13.2 Å². The fraction of sp³-hybridized carbons (Fsp3) is 0.603. The minimum Gasteiger partial charge on any atom is -0.462 e. The smallest absolute Gasteiger partial charge is 0.306 e. The van der Waals surface area contributed by atoms with E-state index in [1.54, 1.807) is 0 Å². The second-order valence-corrected chi connectivity index (χ2v) is 20.5. The van der Waals surface area contributed by atoms with Crippen LogP contribution in [0.5, 0.6) is 0 Å². The molecule has 0 aromatic heterocycles. The summed E-state index contributed by atoms with van der Waals surface area (Å²) in [5, 5.41) is 0. The van der Waals surface area contributed by atoms with Gasteiger partial charge < -0.3 is 14.2 Å². The third-order valence-corrected chi connectivity index (χ3v) is 13.0. The number of allylic oxidation sites excluding steroid dienone is 26. The molecule has 0 spiro atoms. The van der Waals surface area contributed by atoms with Crippen LogP contribution >= 0.6 is 0 Å². The van der Waals surface area contributed by atoms with Crippen LogP contribution in [0.25, 0.3) is 0 Å². The van der Waals surface area contributed by atoms with Gasteiger partial charge in [0.05, 0.1) is 0 Å². The van der Waals surface area contributed by atoms with E-state index in [0.717, 1.165) is 128 Å². The Morgan fingerprint density at radius 1 is 0.266 bits per heavy atom. The Balaban J connectivity index is 4.44. The van der Waals surface area contributed by atoms with E-state index in [2.05, 4.69) is 167 Å². The molecule has 6 heteroatoms. The van der Waals surface area contributed by atoms with Crippen LogP contribution in [0.1, 0.15) is 265 Å². The molecule has 6 nitrogen and oxygen atoms in total. The van der Waals surface area contributed by atoms with Gasteiger partial charge in [-0.15, -0.1) is 0 Å². The molecule has 0 aliphatic carbocycles. The lowest BCUT2D eigenvalue weighted by atomic mass is 10.1. The molecular formula is C73H116O6. The summed E-state index contributed by atoms with van der Waals surface area (Å²) in [5.41, 5.74) is 0. The Labute approximate surface area is 486 Å². The van der Waals surface area contributed by atoms with E-state index in [1.165, 1.54) is 89.9 Å². The maximum atomic E-state index is 12.9. The quantitative estimate of drug-likeness (QED) is 0.0261. The van der Waals surface area contributed by atoms with Crippen molar-refractivity contribution in [1.29, 1.82) is 0 Å². The highest BCUT2D eigenvalue weighted by atomic mass is 16.6. The van der Waals surface area contributed by atoms with Crippen molar-refractivity contribution in [1.82, 2.24) is 0 Å². The molecule has 0 N–H and O–H groups in total. The number of carbonyl (C=O) groups excluding carboxylic acids is 3. The molecule has 0 bridgehead atoms. The minimum absolute atomic E-state index is 0.120. The van der Waals surface area contributed by atoms with E-state index in [4.69, 9.17) is 14.2 Å². The summed E-state index contributed by atoms with van der Waals surface area (Å²) in [7, 11) is 0. The van der Waals surface area contributed by atoms with Crippen molar-refractivity contribution >= 4 is 17.9 Å². The number of hydrogen-bond acceptors (Lipinski definition) is 6. The molecule has 0 heterocycles. The van der Waals surface area contributed by atoms with Crippen molar-refractivity contribution in [3.05, 3.63) is 158 Å². The van der Waals surface area contributed by atoms with Gasteiger partial charge in [-0.25, -0.2) is 0 Å².